The maximum atomic E-state index is 13.4. The van der Waals surface area contributed by atoms with Crippen molar-refractivity contribution in [2.75, 3.05) is 34.7 Å². The van der Waals surface area contributed by atoms with Gasteiger partial charge in [-0.05, 0) is 63.1 Å². The highest BCUT2D eigenvalue weighted by Gasteiger charge is 2.27. The van der Waals surface area contributed by atoms with E-state index in [0.717, 1.165) is 49.8 Å². The fraction of sp³-hybridized carbons (Fsp3) is 0.414. The van der Waals surface area contributed by atoms with E-state index >= 15 is 0 Å². The predicted molar refractivity (Wildman–Crippen MR) is 152 cm³/mol. The number of alkyl halides is 1. The van der Waals surface area contributed by atoms with Gasteiger partial charge >= 0.3 is 0 Å². The molecule has 0 aromatic heterocycles. The summed E-state index contributed by atoms with van der Waals surface area (Å²) in [5.74, 6) is -0.443. The van der Waals surface area contributed by atoms with E-state index in [0.29, 0.717) is 16.8 Å². The van der Waals surface area contributed by atoms with Crippen molar-refractivity contribution in [2.45, 2.75) is 58.3 Å². The molecule has 0 radical (unpaired) electrons. The number of rotatable bonds is 13. The zero-order valence-electron chi connectivity index (χ0n) is 22.2. The van der Waals surface area contributed by atoms with Gasteiger partial charge in [-0.25, -0.2) is 12.8 Å². The van der Waals surface area contributed by atoms with Gasteiger partial charge in [0, 0.05) is 40.9 Å². The van der Waals surface area contributed by atoms with Gasteiger partial charge in [0.05, 0.1) is 10.3 Å². The Morgan fingerprint density at radius 2 is 1.43 bits per heavy atom. The molecule has 0 aliphatic heterocycles. The quantitative estimate of drug-likeness (QED) is 0.251. The Morgan fingerprint density at radius 3 is 2.03 bits per heavy atom. The number of carbonyl (C=O) groups excluding carboxylic acids is 1. The molecular weight excluding hydrogens is 489 g/mol. The minimum atomic E-state index is -3.88. The van der Waals surface area contributed by atoms with Crippen LogP contribution in [0.25, 0.3) is 10.8 Å². The van der Waals surface area contributed by atoms with E-state index < -0.39 is 28.0 Å². The van der Waals surface area contributed by atoms with E-state index in [9.17, 15) is 17.6 Å². The third-order valence-electron chi connectivity index (χ3n) is 6.40. The summed E-state index contributed by atoms with van der Waals surface area (Å²) in [4.78, 5) is 14.8. The van der Waals surface area contributed by atoms with E-state index in [1.165, 1.54) is 13.8 Å². The zero-order chi connectivity index (χ0) is 27.1. The molecule has 6 nitrogen and oxygen atoms in total. The fourth-order valence-corrected chi connectivity index (χ4v) is 5.30. The number of nitrogens with one attached hydrogen (secondary N) is 2. The molecule has 0 fully saturated rings. The molecule has 1 amide bonds. The Labute approximate surface area is 220 Å². The van der Waals surface area contributed by atoms with Crippen LogP contribution in [0.2, 0.25) is 0 Å². The average Bonchev–Trinajstić information content (AvgIpc) is 2.89. The lowest BCUT2D eigenvalue weighted by Gasteiger charge is -2.26. The Bertz CT molecular complexity index is 1300. The van der Waals surface area contributed by atoms with Gasteiger partial charge in [0.15, 0.2) is 0 Å². The lowest BCUT2D eigenvalue weighted by Crippen LogP contribution is -2.32. The average molecular weight is 528 g/mol. The second-order valence-corrected chi connectivity index (χ2v) is 11.6. The molecule has 0 unspecified atom stereocenters. The van der Waals surface area contributed by atoms with Crippen LogP contribution in [0.4, 0.5) is 21.5 Å². The molecule has 0 aliphatic carbocycles. The van der Waals surface area contributed by atoms with Gasteiger partial charge in [0.1, 0.15) is 6.67 Å². The Balaban J connectivity index is 1.88. The molecule has 200 valence electrons. The highest BCUT2D eigenvalue weighted by molar-refractivity contribution is 7.93. The second kappa shape index (κ2) is 12.4. The van der Waals surface area contributed by atoms with Crippen LogP contribution in [0.5, 0.6) is 0 Å². The number of halogens is 1. The van der Waals surface area contributed by atoms with Crippen LogP contribution in [0.15, 0.2) is 65.6 Å². The summed E-state index contributed by atoms with van der Waals surface area (Å²) in [6, 6.07) is 17.5. The van der Waals surface area contributed by atoms with Crippen LogP contribution >= 0.6 is 0 Å². The van der Waals surface area contributed by atoms with Gasteiger partial charge in [-0.1, -0.05) is 51.0 Å². The minimum absolute atomic E-state index is 0.208. The normalized spacial score (nSPS) is 11.9. The summed E-state index contributed by atoms with van der Waals surface area (Å²) in [7, 11) is -3.88. The number of amides is 1. The van der Waals surface area contributed by atoms with E-state index in [4.69, 9.17) is 0 Å². The van der Waals surface area contributed by atoms with Crippen molar-refractivity contribution in [3.63, 3.8) is 0 Å². The number of unbranched alkanes of at least 4 members (excludes halogenated alkanes) is 2. The molecule has 37 heavy (non-hydrogen) atoms. The molecule has 0 spiro atoms. The molecule has 3 aromatic rings. The summed E-state index contributed by atoms with van der Waals surface area (Å²) >= 11 is 0. The maximum absolute atomic E-state index is 13.4. The number of carbonyl (C=O) groups is 1. The molecule has 0 bridgehead atoms. The first-order valence-electron chi connectivity index (χ1n) is 12.9. The molecule has 0 heterocycles. The van der Waals surface area contributed by atoms with Crippen molar-refractivity contribution in [1.82, 2.24) is 0 Å². The fourth-order valence-electron chi connectivity index (χ4n) is 4.02. The van der Waals surface area contributed by atoms with Gasteiger partial charge in [0.25, 0.3) is 10.0 Å². The van der Waals surface area contributed by atoms with Crippen LogP contribution in [-0.4, -0.2) is 34.1 Å². The number of nitrogens with zero attached hydrogens (tertiary/aromatic N) is 1. The number of sulfonamides is 1. The first-order chi connectivity index (χ1) is 17.6. The summed E-state index contributed by atoms with van der Waals surface area (Å²) in [5.41, 5.74) is 0.732. The molecular formula is C29H38FN3O3S. The van der Waals surface area contributed by atoms with Crippen LogP contribution in [0, 0.1) is 5.41 Å². The van der Waals surface area contributed by atoms with Crippen molar-refractivity contribution in [1.29, 1.82) is 0 Å². The summed E-state index contributed by atoms with van der Waals surface area (Å²) in [5, 5.41) is 4.24. The lowest BCUT2D eigenvalue weighted by atomic mass is 9.94. The molecule has 0 atom stereocenters. The predicted octanol–water partition coefficient (Wildman–Crippen LogP) is 6.98. The first kappa shape index (κ1) is 28.4. The summed E-state index contributed by atoms with van der Waals surface area (Å²) in [6.07, 6.45) is 4.32. The van der Waals surface area contributed by atoms with Crippen molar-refractivity contribution in [3.8, 4) is 0 Å². The maximum Gasteiger partial charge on any atom is 0.262 e. The second-order valence-electron chi connectivity index (χ2n) is 9.98. The summed E-state index contributed by atoms with van der Waals surface area (Å²) < 4.78 is 42.6. The SMILES string of the molecule is CCCCN(CCCC)c1cccc2c(S(=O)(=O)Nc3ccc(NC(=O)C(C)(C)CF)cc3)cccc12. The number of benzene rings is 3. The molecule has 0 aliphatic rings. The molecule has 2 N–H and O–H groups in total. The Hall–Kier alpha value is -3.13. The van der Waals surface area contributed by atoms with Gasteiger partial charge in [-0.15, -0.1) is 0 Å². The molecule has 3 rings (SSSR count). The standard InChI is InChI=1S/C29H38FN3O3S/c1-5-7-19-33(20-8-6-2)26-13-9-12-25-24(26)11-10-14-27(25)37(35,36)32-23-17-15-22(16-18-23)31-28(34)29(3,4)21-30/h9-18,32H,5-8,19-21H2,1-4H3,(H,31,34). The summed E-state index contributed by atoms with van der Waals surface area (Å²) in [6.45, 7) is 8.46. The van der Waals surface area contributed by atoms with E-state index in [-0.39, 0.29) is 4.90 Å². The van der Waals surface area contributed by atoms with Crippen LogP contribution in [0.3, 0.4) is 0 Å². The Kier molecular flexibility index (Phi) is 9.54. The van der Waals surface area contributed by atoms with Crippen LogP contribution in [0.1, 0.15) is 53.4 Å². The van der Waals surface area contributed by atoms with E-state index in [1.54, 1.807) is 36.4 Å². The number of hydrogen-bond donors (Lipinski definition) is 2. The molecule has 0 saturated carbocycles. The van der Waals surface area contributed by atoms with Crippen LogP contribution < -0.4 is 14.9 Å². The smallest absolute Gasteiger partial charge is 0.262 e. The third-order valence-corrected chi connectivity index (χ3v) is 7.84. The number of hydrogen-bond acceptors (Lipinski definition) is 4. The van der Waals surface area contributed by atoms with Gasteiger partial charge < -0.3 is 10.2 Å². The minimum Gasteiger partial charge on any atom is -0.371 e. The van der Waals surface area contributed by atoms with Crippen molar-refractivity contribution < 1.29 is 17.6 Å². The zero-order valence-corrected chi connectivity index (χ0v) is 23.0. The highest BCUT2D eigenvalue weighted by Crippen LogP contribution is 2.32. The van der Waals surface area contributed by atoms with Crippen molar-refractivity contribution >= 4 is 43.8 Å². The third kappa shape index (κ3) is 7.01. The van der Waals surface area contributed by atoms with Crippen molar-refractivity contribution in [2.24, 2.45) is 5.41 Å². The van der Waals surface area contributed by atoms with E-state index in [1.807, 2.05) is 18.2 Å². The van der Waals surface area contributed by atoms with Crippen molar-refractivity contribution in [3.05, 3.63) is 60.7 Å². The van der Waals surface area contributed by atoms with Gasteiger partial charge in [0.2, 0.25) is 5.91 Å². The monoisotopic (exact) mass is 527 g/mol. The van der Waals surface area contributed by atoms with Gasteiger partial charge in [-0.3, -0.25) is 9.52 Å². The van der Waals surface area contributed by atoms with E-state index in [2.05, 4.69) is 34.9 Å². The number of anilines is 3. The van der Waals surface area contributed by atoms with Gasteiger partial charge in [-0.2, -0.15) is 0 Å². The largest absolute Gasteiger partial charge is 0.371 e. The highest BCUT2D eigenvalue weighted by atomic mass is 32.2. The Morgan fingerprint density at radius 1 is 0.865 bits per heavy atom. The number of fused-ring (bicyclic) bond motifs is 1. The first-order valence-corrected chi connectivity index (χ1v) is 14.4. The molecule has 8 heteroatoms. The molecule has 3 aromatic carbocycles. The molecule has 0 saturated heterocycles. The van der Waals surface area contributed by atoms with Crippen LogP contribution in [-0.2, 0) is 14.8 Å². The lowest BCUT2D eigenvalue weighted by molar-refractivity contribution is -0.124. The topological polar surface area (TPSA) is 78.5 Å².